The highest BCUT2D eigenvalue weighted by Crippen LogP contribution is 2.31. The fourth-order valence-corrected chi connectivity index (χ4v) is 4.07. The molecule has 19 heavy (non-hydrogen) atoms. The maximum Gasteiger partial charge on any atom is 0.0931 e. The molecule has 1 nitrogen and oxygen atoms in total. The first-order valence-corrected chi connectivity index (χ1v) is 8.62. The molecule has 0 aliphatic heterocycles. The van der Waals surface area contributed by atoms with E-state index in [-0.39, 0.29) is 0 Å². The van der Waals surface area contributed by atoms with Crippen LogP contribution < -0.4 is 5.32 Å². The molecule has 0 aliphatic carbocycles. The number of nitrogens with one attached hydrogen (secondary N) is 1. The zero-order valence-corrected chi connectivity index (χ0v) is 13.7. The van der Waals surface area contributed by atoms with Crippen LogP contribution in [0.15, 0.2) is 41.3 Å². The summed E-state index contributed by atoms with van der Waals surface area (Å²) in [6.45, 7) is 3.07. The van der Waals surface area contributed by atoms with Gasteiger partial charge in [0.05, 0.1) is 10.4 Å². The normalized spacial score (nSPS) is 12.6. The highest BCUT2D eigenvalue weighted by molar-refractivity contribution is 7.99. The average Bonchev–Trinajstić information content (AvgIpc) is 2.83. The number of hydrogen-bond acceptors (Lipinski definition) is 3. The van der Waals surface area contributed by atoms with E-state index in [4.69, 9.17) is 23.2 Å². The van der Waals surface area contributed by atoms with Crippen molar-refractivity contribution in [2.24, 2.45) is 0 Å². The minimum Gasteiger partial charge on any atom is -0.309 e. The molecule has 1 aromatic carbocycles. The summed E-state index contributed by atoms with van der Waals surface area (Å²) < 4.78 is 0.842. The molecule has 0 radical (unpaired) electrons. The molecule has 0 spiro atoms. The summed E-state index contributed by atoms with van der Waals surface area (Å²) in [5, 5.41) is 4.27. The summed E-state index contributed by atoms with van der Waals surface area (Å²) in [5.74, 6) is 0.978. The van der Waals surface area contributed by atoms with E-state index in [1.54, 1.807) is 11.3 Å². The van der Waals surface area contributed by atoms with Gasteiger partial charge in [-0.1, -0.05) is 30.1 Å². The highest BCUT2D eigenvalue weighted by atomic mass is 35.5. The molecule has 2 aromatic rings. The molecule has 1 aromatic heterocycles. The smallest absolute Gasteiger partial charge is 0.0931 e. The SMILES string of the molecule is CCNC(CSc1ccc(Cl)cc1)c1ccc(Cl)s1. The number of halogens is 2. The first-order chi connectivity index (χ1) is 9.19. The average molecular weight is 332 g/mol. The minimum atomic E-state index is 0.336. The molecule has 5 heteroatoms. The second kappa shape index (κ2) is 7.55. The van der Waals surface area contributed by atoms with Crippen LogP contribution in [0.25, 0.3) is 0 Å². The predicted octanol–water partition coefficient (Wildman–Crippen LogP) is 5.50. The molecule has 0 bridgehead atoms. The van der Waals surface area contributed by atoms with Crippen molar-refractivity contribution in [2.75, 3.05) is 12.3 Å². The van der Waals surface area contributed by atoms with E-state index in [1.165, 1.54) is 9.77 Å². The van der Waals surface area contributed by atoms with Crippen molar-refractivity contribution in [2.45, 2.75) is 17.9 Å². The Morgan fingerprint density at radius 1 is 1.16 bits per heavy atom. The minimum absolute atomic E-state index is 0.336. The van der Waals surface area contributed by atoms with E-state index < -0.39 is 0 Å². The Kier molecular flexibility index (Phi) is 6.05. The quantitative estimate of drug-likeness (QED) is 0.701. The van der Waals surface area contributed by atoms with Gasteiger partial charge < -0.3 is 5.32 Å². The lowest BCUT2D eigenvalue weighted by molar-refractivity contribution is 0.615. The van der Waals surface area contributed by atoms with Crippen LogP contribution in [0.2, 0.25) is 9.36 Å². The first kappa shape index (κ1) is 15.2. The lowest BCUT2D eigenvalue weighted by atomic mass is 10.3. The van der Waals surface area contributed by atoms with E-state index in [0.29, 0.717) is 6.04 Å². The molecular formula is C14H15Cl2NS2. The highest BCUT2D eigenvalue weighted by Gasteiger charge is 2.13. The van der Waals surface area contributed by atoms with Gasteiger partial charge in [0.1, 0.15) is 0 Å². The second-order valence-electron chi connectivity index (χ2n) is 4.02. The van der Waals surface area contributed by atoms with Crippen LogP contribution in [0.5, 0.6) is 0 Å². The second-order valence-corrected chi connectivity index (χ2v) is 7.29. The van der Waals surface area contributed by atoms with Crippen LogP contribution in [0.1, 0.15) is 17.8 Å². The Morgan fingerprint density at radius 2 is 1.89 bits per heavy atom. The van der Waals surface area contributed by atoms with Crippen molar-refractivity contribution in [3.63, 3.8) is 0 Å². The van der Waals surface area contributed by atoms with Crippen molar-refractivity contribution in [1.29, 1.82) is 0 Å². The van der Waals surface area contributed by atoms with Gasteiger partial charge in [-0.3, -0.25) is 0 Å². The topological polar surface area (TPSA) is 12.0 Å². The number of thioether (sulfide) groups is 1. The van der Waals surface area contributed by atoms with Gasteiger partial charge >= 0.3 is 0 Å². The molecule has 0 saturated carbocycles. The van der Waals surface area contributed by atoms with Crippen molar-refractivity contribution in [3.8, 4) is 0 Å². The zero-order chi connectivity index (χ0) is 13.7. The maximum absolute atomic E-state index is 6.01. The summed E-state index contributed by atoms with van der Waals surface area (Å²) in [4.78, 5) is 2.52. The largest absolute Gasteiger partial charge is 0.309 e. The third-order valence-electron chi connectivity index (χ3n) is 2.62. The third kappa shape index (κ3) is 4.69. The van der Waals surface area contributed by atoms with Gasteiger partial charge in [-0.2, -0.15) is 0 Å². The summed E-state index contributed by atoms with van der Waals surface area (Å²) in [7, 11) is 0. The van der Waals surface area contributed by atoms with Crippen LogP contribution in [0.3, 0.4) is 0 Å². The number of rotatable bonds is 6. The van der Waals surface area contributed by atoms with Crippen molar-refractivity contribution >= 4 is 46.3 Å². The summed E-state index contributed by atoms with van der Waals surface area (Å²) >= 11 is 15.4. The van der Waals surface area contributed by atoms with Crippen molar-refractivity contribution < 1.29 is 0 Å². The van der Waals surface area contributed by atoms with Crippen molar-refractivity contribution in [1.82, 2.24) is 5.32 Å². The molecule has 0 aliphatic rings. The molecule has 0 saturated heterocycles. The molecule has 0 fully saturated rings. The van der Waals surface area contributed by atoms with E-state index in [2.05, 4.69) is 30.4 Å². The van der Waals surface area contributed by atoms with Crippen molar-refractivity contribution in [3.05, 3.63) is 50.6 Å². The molecule has 1 heterocycles. The van der Waals surface area contributed by atoms with Gasteiger partial charge in [0, 0.05) is 20.5 Å². The van der Waals surface area contributed by atoms with Gasteiger partial charge in [-0.15, -0.1) is 23.1 Å². The molecule has 1 unspecified atom stereocenters. The molecule has 0 amide bonds. The van der Waals surface area contributed by atoms with E-state index in [0.717, 1.165) is 21.7 Å². The number of hydrogen-bond donors (Lipinski definition) is 1. The molecule has 2 rings (SSSR count). The van der Waals surface area contributed by atoms with E-state index in [9.17, 15) is 0 Å². The summed E-state index contributed by atoms with van der Waals surface area (Å²) in [6.07, 6.45) is 0. The molecule has 1 N–H and O–H groups in total. The molecular weight excluding hydrogens is 317 g/mol. The lowest BCUT2D eigenvalue weighted by Gasteiger charge is -2.15. The molecule has 102 valence electrons. The summed E-state index contributed by atoms with van der Waals surface area (Å²) in [6, 6.07) is 12.3. The lowest BCUT2D eigenvalue weighted by Crippen LogP contribution is -2.21. The predicted molar refractivity (Wildman–Crippen MR) is 87.9 cm³/mol. The summed E-state index contributed by atoms with van der Waals surface area (Å²) in [5.41, 5.74) is 0. The first-order valence-electron chi connectivity index (χ1n) is 6.06. The Hall–Kier alpha value is -0.190. The van der Waals surface area contributed by atoms with E-state index >= 15 is 0 Å². The van der Waals surface area contributed by atoms with Crippen LogP contribution in [0, 0.1) is 0 Å². The fraction of sp³-hybridized carbons (Fsp3) is 0.286. The van der Waals surface area contributed by atoms with Gasteiger partial charge in [0.2, 0.25) is 0 Å². The van der Waals surface area contributed by atoms with Crippen LogP contribution >= 0.6 is 46.3 Å². The Bertz CT molecular complexity index is 510. The monoisotopic (exact) mass is 331 g/mol. The Morgan fingerprint density at radius 3 is 2.47 bits per heavy atom. The van der Waals surface area contributed by atoms with Gasteiger partial charge in [-0.25, -0.2) is 0 Å². The number of benzene rings is 1. The zero-order valence-electron chi connectivity index (χ0n) is 10.5. The van der Waals surface area contributed by atoms with Gasteiger partial charge in [0.25, 0.3) is 0 Å². The molecule has 1 atom stereocenters. The Balaban J connectivity index is 1.99. The Labute approximate surface area is 132 Å². The van der Waals surface area contributed by atoms with Crippen LogP contribution in [-0.2, 0) is 0 Å². The fourth-order valence-electron chi connectivity index (χ4n) is 1.71. The third-order valence-corrected chi connectivity index (χ3v) is 5.32. The maximum atomic E-state index is 6.01. The van der Waals surface area contributed by atoms with E-state index in [1.807, 2.05) is 30.0 Å². The standard InChI is InChI=1S/C14H15Cl2NS2/c1-2-17-12(13-7-8-14(16)19-13)9-18-11-5-3-10(15)4-6-11/h3-8,12,17H,2,9H2,1H3. The van der Waals surface area contributed by atoms with Gasteiger partial charge in [-0.05, 0) is 42.9 Å². The van der Waals surface area contributed by atoms with Crippen LogP contribution in [0.4, 0.5) is 0 Å². The number of thiophene rings is 1. The van der Waals surface area contributed by atoms with Gasteiger partial charge in [0.15, 0.2) is 0 Å². The van der Waals surface area contributed by atoms with Crippen LogP contribution in [-0.4, -0.2) is 12.3 Å².